The van der Waals surface area contributed by atoms with Gasteiger partial charge in [0.1, 0.15) is 12.3 Å². The maximum absolute atomic E-state index is 14.4. The minimum absolute atomic E-state index is 0.157. The number of aromatic carboxylic acids is 1. The molecule has 1 N–H and O–H groups in total. The lowest BCUT2D eigenvalue weighted by atomic mass is 10.1. The van der Waals surface area contributed by atoms with Crippen molar-refractivity contribution < 1.29 is 23.6 Å². The van der Waals surface area contributed by atoms with E-state index in [4.69, 9.17) is 14.4 Å². The highest BCUT2D eigenvalue weighted by Gasteiger charge is 2.16. The zero-order valence-electron chi connectivity index (χ0n) is 12.8. The standard InChI is InChI=1S/C18H14FNO4/c1-11-7-13(15-9-16(18(21)22)24-20-15)8-14(19)17(11)23-10-12-5-3-2-4-6-12/h2-9H,10H2,1H3,(H,21,22). The summed E-state index contributed by atoms with van der Waals surface area (Å²) in [5.41, 5.74) is 2.20. The summed E-state index contributed by atoms with van der Waals surface area (Å²) in [5.74, 6) is -1.91. The second-order valence-electron chi connectivity index (χ2n) is 5.26. The van der Waals surface area contributed by atoms with E-state index < -0.39 is 11.8 Å². The molecule has 2 aromatic carbocycles. The Hall–Kier alpha value is -3.15. The van der Waals surface area contributed by atoms with Crippen LogP contribution in [-0.4, -0.2) is 16.2 Å². The minimum atomic E-state index is -1.23. The van der Waals surface area contributed by atoms with Crippen LogP contribution in [0, 0.1) is 12.7 Å². The average Bonchev–Trinajstić information content (AvgIpc) is 3.05. The predicted molar refractivity (Wildman–Crippen MR) is 84.4 cm³/mol. The van der Waals surface area contributed by atoms with Gasteiger partial charge in [-0.05, 0) is 30.2 Å². The number of aromatic nitrogens is 1. The number of carbonyl (C=O) groups is 1. The van der Waals surface area contributed by atoms with Gasteiger partial charge in [0, 0.05) is 11.6 Å². The van der Waals surface area contributed by atoms with E-state index >= 15 is 0 Å². The molecule has 0 aliphatic carbocycles. The van der Waals surface area contributed by atoms with Crippen LogP contribution in [0.5, 0.6) is 5.75 Å². The van der Waals surface area contributed by atoms with Gasteiger partial charge in [0.05, 0.1) is 0 Å². The highest BCUT2D eigenvalue weighted by Crippen LogP contribution is 2.30. The Balaban J connectivity index is 1.84. The smallest absolute Gasteiger partial charge is 0.374 e. The molecule has 0 saturated carbocycles. The molecule has 3 aromatic rings. The number of hydrogen-bond donors (Lipinski definition) is 1. The Labute approximate surface area is 137 Å². The maximum atomic E-state index is 14.4. The monoisotopic (exact) mass is 327 g/mol. The lowest BCUT2D eigenvalue weighted by Crippen LogP contribution is -2.00. The largest absolute Gasteiger partial charge is 0.486 e. The van der Waals surface area contributed by atoms with E-state index in [1.54, 1.807) is 13.0 Å². The number of aryl methyl sites for hydroxylation is 1. The molecule has 1 heterocycles. The van der Waals surface area contributed by atoms with Gasteiger partial charge in [-0.15, -0.1) is 0 Å². The number of benzene rings is 2. The number of carboxylic acids is 1. The first-order chi connectivity index (χ1) is 11.5. The number of halogens is 1. The van der Waals surface area contributed by atoms with Crippen LogP contribution >= 0.6 is 0 Å². The van der Waals surface area contributed by atoms with Crippen LogP contribution in [-0.2, 0) is 6.61 Å². The molecule has 5 nitrogen and oxygen atoms in total. The van der Waals surface area contributed by atoms with Gasteiger partial charge in [0.15, 0.2) is 11.6 Å². The van der Waals surface area contributed by atoms with E-state index in [2.05, 4.69) is 5.16 Å². The summed E-state index contributed by atoms with van der Waals surface area (Å²) in [6.45, 7) is 1.97. The van der Waals surface area contributed by atoms with Crippen molar-refractivity contribution >= 4 is 5.97 Å². The highest BCUT2D eigenvalue weighted by atomic mass is 19.1. The topological polar surface area (TPSA) is 72.6 Å². The normalized spacial score (nSPS) is 10.6. The van der Waals surface area contributed by atoms with E-state index in [-0.39, 0.29) is 23.8 Å². The minimum Gasteiger partial charge on any atom is -0.486 e. The van der Waals surface area contributed by atoms with Crippen molar-refractivity contribution in [2.75, 3.05) is 0 Å². The zero-order chi connectivity index (χ0) is 17.1. The highest BCUT2D eigenvalue weighted by molar-refractivity contribution is 5.85. The third kappa shape index (κ3) is 3.27. The summed E-state index contributed by atoms with van der Waals surface area (Å²) >= 11 is 0. The predicted octanol–water partition coefficient (Wildman–Crippen LogP) is 4.07. The van der Waals surface area contributed by atoms with Gasteiger partial charge in [0.2, 0.25) is 5.76 Å². The Bertz CT molecular complexity index is 851. The van der Waals surface area contributed by atoms with Gasteiger partial charge in [-0.2, -0.15) is 0 Å². The first-order valence-electron chi connectivity index (χ1n) is 7.22. The van der Waals surface area contributed by atoms with Crippen molar-refractivity contribution in [3.05, 3.63) is 71.2 Å². The van der Waals surface area contributed by atoms with Gasteiger partial charge >= 0.3 is 5.97 Å². The summed E-state index contributed by atoms with van der Waals surface area (Å²) in [4.78, 5) is 10.8. The van der Waals surface area contributed by atoms with Crippen molar-refractivity contribution in [3.8, 4) is 17.0 Å². The van der Waals surface area contributed by atoms with Gasteiger partial charge in [-0.25, -0.2) is 9.18 Å². The van der Waals surface area contributed by atoms with E-state index in [9.17, 15) is 9.18 Å². The van der Waals surface area contributed by atoms with Gasteiger partial charge in [0.25, 0.3) is 0 Å². The van der Waals surface area contributed by atoms with Crippen LogP contribution in [0.3, 0.4) is 0 Å². The number of rotatable bonds is 5. The summed E-state index contributed by atoms with van der Waals surface area (Å²) in [6.07, 6.45) is 0. The fourth-order valence-electron chi connectivity index (χ4n) is 2.30. The summed E-state index contributed by atoms with van der Waals surface area (Å²) < 4.78 is 24.6. The quantitative estimate of drug-likeness (QED) is 0.765. The Kier molecular flexibility index (Phi) is 4.29. The molecule has 0 aliphatic rings. The Morgan fingerprint density at radius 1 is 1.25 bits per heavy atom. The van der Waals surface area contributed by atoms with Crippen LogP contribution in [0.4, 0.5) is 4.39 Å². The van der Waals surface area contributed by atoms with E-state index in [0.29, 0.717) is 11.1 Å². The fourth-order valence-corrected chi connectivity index (χ4v) is 2.30. The summed E-state index contributed by atoms with van der Waals surface area (Å²) in [7, 11) is 0. The molecule has 0 atom stereocenters. The molecule has 1 aromatic heterocycles. The summed E-state index contributed by atoms with van der Waals surface area (Å²) in [5, 5.41) is 12.5. The molecule has 0 aliphatic heterocycles. The van der Waals surface area contributed by atoms with Crippen molar-refractivity contribution in [2.45, 2.75) is 13.5 Å². The van der Waals surface area contributed by atoms with Crippen LogP contribution in [0.1, 0.15) is 21.7 Å². The molecule has 0 spiro atoms. The van der Waals surface area contributed by atoms with Crippen LogP contribution in [0.25, 0.3) is 11.3 Å². The van der Waals surface area contributed by atoms with Crippen molar-refractivity contribution in [1.82, 2.24) is 5.16 Å². The first-order valence-corrected chi connectivity index (χ1v) is 7.22. The fraction of sp³-hybridized carbons (Fsp3) is 0.111. The average molecular weight is 327 g/mol. The molecule has 0 bridgehead atoms. The van der Waals surface area contributed by atoms with Gasteiger partial charge < -0.3 is 14.4 Å². The molecule has 0 saturated heterocycles. The molecule has 122 valence electrons. The van der Waals surface area contributed by atoms with Crippen molar-refractivity contribution in [3.63, 3.8) is 0 Å². The molecule has 0 amide bonds. The van der Waals surface area contributed by atoms with Crippen molar-refractivity contribution in [1.29, 1.82) is 0 Å². The zero-order valence-corrected chi connectivity index (χ0v) is 12.8. The van der Waals surface area contributed by atoms with Crippen molar-refractivity contribution in [2.24, 2.45) is 0 Å². The number of ether oxygens (including phenoxy) is 1. The maximum Gasteiger partial charge on any atom is 0.374 e. The molecule has 0 unspecified atom stereocenters. The second-order valence-corrected chi connectivity index (χ2v) is 5.26. The van der Waals surface area contributed by atoms with Crippen LogP contribution < -0.4 is 4.74 Å². The third-order valence-corrected chi connectivity index (χ3v) is 3.47. The van der Waals surface area contributed by atoms with Gasteiger partial charge in [-0.3, -0.25) is 0 Å². The SMILES string of the molecule is Cc1cc(-c2cc(C(=O)O)on2)cc(F)c1OCc1ccccc1. The molecule has 3 rings (SSSR count). The van der Waals surface area contributed by atoms with Crippen LogP contribution in [0.15, 0.2) is 53.1 Å². The van der Waals surface area contributed by atoms with Gasteiger partial charge in [-0.1, -0.05) is 35.5 Å². The number of nitrogens with zero attached hydrogens (tertiary/aromatic N) is 1. The number of hydrogen-bond acceptors (Lipinski definition) is 4. The Morgan fingerprint density at radius 2 is 2.00 bits per heavy atom. The molecular formula is C18H14FNO4. The van der Waals surface area contributed by atoms with E-state index in [1.807, 2.05) is 30.3 Å². The molecule has 0 fully saturated rings. The molecular weight excluding hydrogens is 313 g/mol. The molecule has 24 heavy (non-hydrogen) atoms. The summed E-state index contributed by atoms with van der Waals surface area (Å²) in [6, 6.07) is 13.6. The Morgan fingerprint density at radius 3 is 2.62 bits per heavy atom. The molecule has 0 radical (unpaired) electrons. The lowest BCUT2D eigenvalue weighted by Gasteiger charge is -2.11. The third-order valence-electron chi connectivity index (χ3n) is 3.47. The second kappa shape index (κ2) is 6.54. The lowest BCUT2D eigenvalue weighted by molar-refractivity contribution is 0.0652. The van der Waals surface area contributed by atoms with E-state index in [0.717, 1.165) is 5.56 Å². The first kappa shape index (κ1) is 15.7. The van der Waals surface area contributed by atoms with Crippen LogP contribution in [0.2, 0.25) is 0 Å². The van der Waals surface area contributed by atoms with E-state index in [1.165, 1.54) is 12.1 Å². The number of carboxylic acid groups (broad SMARTS) is 1. The molecule has 6 heteroatoms.